The van der Waals surface area contributed by atoms with E-state index in [0.717, 1.165) is 29.1 Å². The highest BCUT2D eigenvalue weighted by molar-refractivity contribution is 5.85. The highest BCUT2D eigenvalue weighted by Crippen LogP contribution is 2.13. The van der Waals surface area contributed by atoms with Gasteiger partial charge in [0.15, 0.2) is 0 Å². The zero-order valence-corrected chi connectivity index (χ0v) is 17.2. The fraction of sp³-hybridized carbons (Fsp3) is 0.444. The highest BCUT2D eigenvalue weighted by atomic mass is 35.5. The summed E-state index contributed by atoms with van der Waals surface area (Å²) in [7, 11) is 3.42. The van der Waals surface area contributed by atoms with E-state index in [-0.39, 0.29) is 30.7 Å². The summed E-state index contributed by atoms with van der Waals surface area (Å²) in [6, 6.07) is 7.07. The minimum Gasteiger partial charge on any atom is -0.497 e. The van der Waals surface area contributed by atoms with Crippen molar-refractivity contribution in [2.24, 2.45) is 5.73 Å². The third kappa shape index (κ3) is 6.20. The largest absolute Gasteiger partial charge is 0.497 e. The molecule has 1 aromatic carbocycles. The lowest BCUT2D eigenvalue weighted by Crippen LogP contribution is -2.43. The number of ether oxygens (including phenoxy) is 1. The number of nitrogens with one attached hydrogen (secondary N) is 1. The molecule has 2 rings (SSSR count). The van der Waals surface area contributed by atoms with Gasteiger partial charge in [-0.3, -0.25) is 9.89 Å². The summed E-state index contributed by atoms with van der Waals surface area (Å²) in [4.78, 5) is 14.1. The van der Waals surface area contributed by atoms with Gasteiger partial charge in [-0.15, -0.1) is 24.8 Å². The van der Waals surface area contributed by atoms with Gasteiger partial charge in [0, 0.05) is 19.3 Å². The molecule has 1 aromatic heterocycles. The standard InChI is InChI=1S/C18H26N4O2.2ClH/c1-12-16(13(2)21-20-12)9-10-22(3)18(23)17(19)11-14-5-7-15(24-4)8-6-14;;/h5-8,17H,9-11,19H2,1-4H3,(H,20,21);2*1H/t17-;;/m0../s1. The summed E-state index contributed by atoms with van der Waals surface area (Å²) in [5.74, 6) is 0.742. The fourth-order valence-corrected chi connectivity index (χ4v) is 2.72. The van der Waals surface area contributed by atoms with Crippen molar-refractivity contribution in [3.63, 3.8) is 0 Å². The topological polar surface area (TPSA) is 84.2 Å². The van der Waals surface area contributed by atoms with Crippen LogP contribution in [-0.4, -0.2) is 47.7 Å². The van der Waals surface area contributed by atoms with E-state index >= 15 is 0 Å². The van der Waals surface area contributed by atoms with Gasteiger partial charge in [-0.05, 0) is 49.9 Å². The number of likely N-dealkylation sites (N-methyl/N-ethyl adjacent to an activating group) is 1. The number of hydrogen-bond acceptors (Lipinski definition) is 4. The van der Waals surface area contributed by atoms with Crippen LogP contribution in [0.2, 0.25) is 0 Å². The Kier molecular flexibility index (Phi) is 10.3. The Morgan fingerprint density at radius 3 is 2.38 bits per heavy atom. The van der Waals surface area contributed by atoms with E-state index in [4.69, 9.17) is 10.5 Å². The molecule has 1 atom stereocenters. The molecule has 0 aliphatic carbocycles. The van der Waals surface area contributed by atoms with Gasteiger partial charge in [-0.2, -0.15) is 5.10 Å². The van der Waals surface area contributed by atoms with E-state index in [0.29, 0.717) is 13.0 Å². The summed E-state index contributed by atoms with van der Waals surface area (Å²) in [5, 5.41) is 7.15. The van der Waals surface area contributed by atoms with Crippen LogP contribution >= 0.6 is 24.8 Å². The molecule has 26 heavy (non-hydrogen) atoms. The zero-order valence-electron chi connectivity index (χ0n) is 15.6. The molecule has 0 radical (unpaired) electrons. The molecule has 8 heteroatoms. The lowest BCUT2D eigenvalue weighted by molar-refractivity contribution is -0.131. The van der Waals surface area contributed by atoms with Crippen molar-refractivity contribution in [1.29, 1.82) is 0 Å². The van der Waals surface area contributed by atoms with Crippen molar-refractivity contribution in [3.05, 3.63) is 46.8 Å². The number of nitrogens with zero attached hydrogens (tertiary/aromatic N) is 2. The fourth-order valence-electron chi connectivity index (χ4n) is 2.72. The van der Waals surface area contributed by atoms with Gasteiger partial charge in [0.05, 0.1) is 18.8 Å². The number of benzene rings is 1. The van der Waals surface area contributed by atoms with Crippen molar-refractivity contribution in [2.45, 2.75) is 32.7 Å². The first-order chi connectivity index (χ1) is 11.4. The molecule has 0 spiro atoms. The van der Waals surface area contributed by atoms with Crippen molar-refractivity contribution < 1.29 is 9.53 Å². The summed E-state index contributed by atoms with van der Waals surface area (Å²) >= 11 is 0. The lowest BCUT2D eigenvalue weighted by Gasteiger charge is -2.21. The molecule has 0 aliphatic rings. The number of carbonyl (C=O) groups is 1. The maximum absolute atomic E-state index is 12.5. The maximum atomic E-state index is 12.5. The third-order valence-electron chi connectivity index (χ3n) is 4.29. The Balaban J connectivity index is 0.00000312. The summed E-state index contributed by atoms with van der Waals surface area (Å²) in [6.45, 7) is 4.58. The Hall–Kier alpha value is -1.76. The Labute approximate surface area is 167 Å². The number of aryl methyl sites for hydroxylation is 2. The SMILES string of the molecule is COc1ccc(C[C@H](N)C(=O)N(C)CCc2c(C)n[nH]c2C)cc1.Cl.Cl. The van der Waals surface area contributed by atoms with Gasteiger partial charge < -0.3 is 15.4 Å². The molecule has 6 nitrogen and oxygen atoms in total. The van der Waals surface area contributed by atoms with E-state index in [1.54, 1.807) is 19.1 Å². The van der Waals surface area contributed by atoms with E-state index in [1.807, 2.05) is 38.1 Å². The monoisotopic (exact) mass is 402 g/mol. The van der Waals surface area contributed by atoms with Crippen LogP contribution in [-0.2, 0) is 17.6 Å². The Bertz CT molecular complexity index is 669. The molecule has 1 amide bonds. The molecular formula is C18H28Cl2N4O2. The molecule has 0 saturated heterocycles. The molecule has 3 N–H and O–H groups in total. The van der Waals surface area contributed by atoms with E-state index in [9.17, 15) is 4.79 Å². The second kappa shape index (κ2) is 11.1. The lowest BCUT2D eigenvalue weighted by atomic mass is 10.0. The first-order valence-electron chi connectivity index (χ1n) is 8.06. The minimum absolute atomic E-state index is 0. The number of H-pyrrole nitrogens is 1. The van der Waals surface area contributed by atoms with Gasteiger partial charge in [0.25, 0.3) is 0 Å². The first kappa shape index (κ1) is 24.2. The number of methoxy groups -OCH3 is 1. The van der Waals surface area contributed by atoms with Crippen LogP contribution in [0.15, 0.2) is 24.3 Å². The van der Waals surface area contributed by atoms with Crippen LogP contribution in [0.5, 0.6) is 5.75 Å². The first-order valence-corrected chi connectivity index (χ1v) is 8.06. The molecule has 2 aromatic rings. The van der Waals surface area contributed by atoms with Gasteiger partial charge >= 0.3 is 0 Å². The third-order valence-corrected chi connectivity index (χ3v) is 4.29. The Morgan fingerprint density at radius 2 is 1.88 bits per heavy atom. The zero-order chi connectivity index (χ0) is 17.7. The van der Waals surface area contributed by atoms with Crippen LogP contribution in [0.3, 0.4) is 0 Å². The van der Waals surface area contributed by atoms with Gasteiger partial charge in [-0.25, -0.2) is 0 Å². The van der Waals surface area contributed by atoms with E-state index < -0.39 is 6.04 Å². The number of carbonyl (C=O) groups excluding carboxylic acids is 1. The van der Waals surface area contributed by atoms with Crippen LogP contribution in [0, 0.1) is 13.8 Å². The van der Waals surface area contributed by atoms with Crippen molar-refractivity contribution in [3.8, 4) is 5.75 Å². The molecule has 0 aliphatic heterocycles. The highest BCUT2D eigenvalue weighted by Gasteiger charge is 2.19. The smallest absolute Gasteiger partial charge is 0.239 e. The van der Waals surface area contributed by atoms with Crippen LogP contribution in [0.1, 0.15) is 22.5 Å². The van der Waals surface area contributed by atoms with E-state index in [1.165, 1.54) is 5.56 Å². The molecule has 0 fully saturated rings. The van der Waals surface area contributed by atoms with Gasteiger partial charge in [0.1, 0.15) is 5.75 Å². The van der Waals surface area contributed by atoms with Crippen molar-refractivity contribution in [2.75, 3.05) is 20.7 Å². The van der Waals surface area contributed by atoms with Crippen molar-refractivity contribution >= 4 is 30.7 Å². The number of nitrogens with two attached hydrogens (primary N) is 1. The number of halogens is 2. The molecule has 0 unspecified atom stereocenters. The molecule has 0 saturated carbocycles. The maximum Gasteiger partial charge on any atom is 0.239 e. The number of aromatic nitrogens is 2. The number of hydrogen-bond donors (Lipinski definition) is 2. The van der Waals surface area contributed by atoms with Crippen molar-refractivity contribution in [1.82, 2.24) is 15.1 Å². The summed E-state index contributed by atoms with van der Waals surface area (Å²) in [6.07, 6.45) is 1.28. The normalized spacial score (nSPS) is 11.1. The van der Waals surface area contributed by atoms with E-state index in [2.05, 4.69) is 10.2 Å². The van der Waals surface area contributed by atoms with Gasteiger partial charge in [0.2, 0.25) is 5.91 Å². The molecule has 1 heterocycles. The predicted octanol–water partition coefficient (Wildman–Crippen LogP) is 2.45. The predicted molar refractivity (Wildman–Crippen MR) is 109 cm³/mol. The minimum atomic E-state index is -0.546. The van der Waals surface area contributed by atoms with Crippen LogP contribution in [0.4, 0.5) is 0 Å². The quantitative estimate of drug-likeness (QED) is 0.744. The molecule has 146 valence electrons. The second-order valence-corrected chi connectivity index (χ2v) is 6.08. The Morgan fingerprint density at radius 1 is 1.27 bits per heavy atom. The van der Waals surface area contributed by atoms with Gasteiger partial charge in [-0.1, -0.05) is 12.1 Å². The van der Waals surface area contributed by atoms with Crippen LogP contribution in [0.25, 0.3) is 0 Å². The molecular weight excluding hydrogens is 375 g/mol. The summed E-state index contributed by atoms with van der Waals surface area (Å²) < 4.78 is 5.13. The number of rotatable bonds is 7. The number of amides is 1. The summed E-state index contributed by atoms with van der Waals surface area (Å²) in [5.41, 5.74) is 10.3. The average molecular weight is 403 g/mol. The second-order valence-electron chi connectivity index (χ2n) is 6.08. The average Bonchev–Trinajstić information content (AvgIpc) is 2.90. The van der Waals surface area contributed by atoms with Crippen LogP contribution < -0.4 is 10.5 Å². The molecule has 0 bridgehead atoms. The number of aromatic amines is 1.